The second-order valence-electron chi connectivity index (χ2n) is 11.4. The standard InChI is InChI=1S/C43H29N5/c1-3-8-30(9-4-1)31-15-21-36(22-16-31)42-46-41(35-10-5-2-6-11-35)47-43(48-42)37-23-17-33(18-24-37)32-13-19-34(20-14-32)40-26-25-39(29-45-40)38-12-7-27-44-28-38/h1-29H. The number of pyridine rings is 2. The van der Waals surface area contributed by atoms with Crippen LogP contribution >= 0.6 is 0 Å². The summed E-state index contributed by atoms with van der Waals surface area (Å²) < 4.78 is 0. The minimum Gasteiger partial charge on any atom is -0.264 e. The summed E-state index contributed by atoms with van der Waals surface area (Å²) in [6.45, 7) is 0. The van der Waals surface area contributed by atoms with E-state index in [1.807, 2.05) is 60.9 Å². The zero-order valence-electron chi connectivity index (χ0n) is 26.0. The number of rotatable bonds is 7. The van der Waals surface area contributed by atoms with Gasteiger partial charge in [0.15, 0.2) is 17.5 Å². The van der Waals surface area contributed by atoms with E-state index in [-0.39, 0.29) is 0 Å². The van der Waals surface area contributed by atoms with Crippen molar-refractivity contribution in [3.05, 3.63) is 176 Å². The largest absolute Gasteiger partial charge is 0.264 e. The molecule has 0 saturated heterocycles. The Morgan fingerprint density at radius 3 is 1.10 bits per heavy atom. The molecule has 5 heteroatoms. The Bertz CT molecular complexity index is 2270. The molecule has 0 spiro atoms. The summed E-state index contributed by atoms with van der Waals surface area (Å²) in [6.07, 6.45) is 5.52. The average molecular weight is 616 g/mol. The molecular formula is C43H29N5. The molecule has 8 rings (SSSR count). The van der Waals surface area contributed by atoms with E-state index in [4.69, 9.17) is 19.9 Å². The quantitative estimate of drug-likeness (QED) is 0.178. The smallest absolute Gasteiger partial charge is 0.164 e. The van der Waals surface area contributed by atoms with Gasteiger partial charge in [-0.3, -0.25) is 9.97 Å². The van der Waals surface area contributed by atoms with Crippen molar-refractivity contribution in [2.45, 2.75) is 0 Å². The molecule has 0 bridgehead atoms. The number of hydrogen-bond donors (Lipinski definition) is 0. The first kappa shape index (κ1) is 28.9. The Labute approximate surface area is 279 Å². The van der Waals surface area contributed by atoms with Crippen LogP contribution in [0, 0.1) is 0 Å². The van der Waals surface area contributed by atoms with Gasteiger partial charge in [0.1, 0.15) is 0 Å². The number of nitrogens with zero attached hydrogens (tertiary/aromatic N) is 5. The van der Waals surface area contributed by atoms with E-state index >= 15 is 0 Å². The fraction of sp³-hybridized carbons (Fsp3) is 0. The monoisotopic (exact) mass is 615 g/mol. The van der Waals surface area contributed by atoms with Crippen LogP contribution in [0.4, 0.5) is 0 Å². The number of benzene rings is 5. The summed E-state index contributed by atoms with van der Waals surface area (Å²) in [5, 5.41) is 0. The highest BCUT2D eigenvalue weighted by atomic mass is 15.0. The van der Waals surface area contributed by atoms with Gasteiger partial charge in [0, 0.05) is 52.0 Å². The SMILES string of the molecule is c1ccc(-c2ccc(-c3nc(-c4ccccc4)nc(-c4ccc(-c5ccc(-c6ccc(-c7cccnc7)cn6)cc5)cc4)n3)cc2)cc1. The molecule has 8 aromatic rings. The van der Waals surface area contributed by atoms with Crippen LogP contribution in [0.25, 0.3) is 78.8 Å². The molecule has 0 fully saturated rings. The van der Waals surface area contributed by atoms with Crippen molar-refractivity contribution >= 4 is 0 Å². The molecule has 3 heterocycles. The topological polar surface area (TPSA) is 64.5 Å². The van der Waals surface area contributed by atoms with E-state index in [0.717, 1.165) is 55.8 Å². The maximum atomic E-state index is 4.94. The Morgan fingerprint density at radius 1 is 0.271 bits per heavy atom. The predicted octanol–water partition coefficient (Wildman–Crippen LogP) is 10.3. The highest BCUT2D eigenvalue weighted by Gasteiger charge is 2.13. The first-order valence-corrected chi connectivity index (χ1v) is 15.8. The van der Waals surface area contributed by atoms with Crippen LogP contribution in [0.1, 0.15) is 0 Å². The molecule has 48 heavy (non-hydrogen) atoms. The molecule has 5 aromatic carbocycles. The summed E-state index contributed by atoms with van der Waals surface area (Å²) in [6, 6.07) is 53.8. The van der Waals surface area contributed by atoms with Crippen LogP contribution in [-0.4, -0.2) is 24.9 Å². The molecule has 0 atom stereocenters. The van der Waals surface area contributed by atoms with E-state index < -0.39 is 0 Å². The van der Waals surface area contributed by atoms with Crippen molar-refractivity contribution in [2.75, 3.05) is 0 Å². The highest BCUT2D eigenvalue weighted by molar-refractivity contribution is 5.74. The Balaban J connectivity index is 1.07. The third kappa shape index (κ3) is 6.13. The zero-order chi connectivity index (χ0) is 32.1. The van der Waals surface area contributed by atoms with Gasteiger partial charge in [-0.25, -0.2) is 15.0 Å². The third-order valence-electron chi connectivity index (χ3n) is 8.33. The minimum atomic E-state index is 0.633. The van der Waals surface area contributed by atoms with Crippen molar-refractivity contribution in [1.82, 2.24) is 24.9 Å². The normalized spacial score (nSPS) is 10.9. The second kappa shape index (κ2) is 13.0. The van der Waals surface area contributed by atoms with Crippen molar-refractivity contribution in [3.8, 4) is 78.8 Å². The van der Waals surface area contributed by atoms with Crippen LogP contribution in [0.2, 0.25) is 0 Å². The number of aromatic nitrogens is 5. The van der Waals surface area contributed by atoms with Crippen molar-refractivity contribution in [3.63, 3.8) is 0 Å². The van der Waals surface area contributed by atoms with Gasteiger partial charge in [-0.15, -0.1) is 0 Å². The molecule has 5 nitrogen and oxygen atoms in total. The maximum absolute atomic E-state index is 4.94. The molecule has 0 radical (unpaired) electrons. The molecule has 0 aliphatic heterocycles. The lowest BCUT2D eigenvalue weighted by Gasteiger charge is -2.10. The number of hydrogen-bond acceptors (Lipinski definition) is 5. The lowest BCUT2D eigenvalue weighted by molar-refractivity contribution is 1.07. The fourth-order valence-electron chi connectivity index (χ4n) is 5.71. The van der Waals surface area contributed by atoms with Gasteiger partial charge >= 0.3 is 0 Å². The molecule has 226 valence electrons. The van der Waals surface area contributed by atoms with Crippen molar-refractivity contribution < 1.29 is 0 Å². The molecule has 0 saturated carbocycles. The maximum Gasteiger partial charge on any atom is 0.164 e. The van der Waals surface area contributed by atoms with E-state index in [1.165, 1.54) is 5.56 Å². The van der Waals surface area contributed by atoms with Crippen molar-refractivity contribution in [2.24, 2.45) is 0 Å². The molecule has 0 N–H and O–H groups in total. The van der Waals surface area contributed by atoms with Crippen LogP contribution in [-0.2, 0) is 0 Å². The van der Waals surface area contributed by atoms with Gasteiger partial charge in [-0.2, -0.15) is 0 Å². The third-order valence-corrected chi connectivity index (χ3v) is 8.33. The Morgan fingerprint density at radius 2 is 0.646 bits per heavy atom. The van der Waals surface area contributed by atoms with Crippen LogP contribution in [0.5, 0.6) is 0 Å². The van der Waals surface area contributed by atoms with Crippen LogP contribution in [0.3, 0.4) is 0 Å². The lowest BCUT2D eigenvalue weighted by atomic mass is 10.0. The van der Waals surface area contributed by atoms with Gasteiger partial charge in [0.2, 0.25) is 0 Å². The van der Waals surface area contributed by atoms with E-state index in [9.17, 15) is 0 Å². The second-order valence-corrected chi connectivity index (χ2v) is 11.4. The first-order chi connectivity index (χ1) is 23.8. The Kier molecular flexibility index (Phi) is 7.83. The average Bonchev–Trinajstić information content (AvgIpc) is 3.19. The lowest BCUT2D eigenvalue weighted by Crippen LogP contribution is -2.00. The molecular weight excluding hydrogens is 587 g/mol. The molecule has 0 aliphatic rings. The van der Waals surface area contributed by atoms with Gasteiger partial charge in [-0.05, 0) is 34.4 Å². The highest BCUT2D eigenvalue weighted by Crippen LogP contribution is 2.30. The fourth-order valence-corrected chi connectivity index (χ4v) is 5.71. The molecule has 0 aliphatic carbocycles. The molecule has 3 aromatic heterocycles. The van der Waals surface area contributed by atoms with E-state index in [2.05, 4.69) is 114 Å². The van der Waals surface area contributed by atoms with Gasteiger partial charge in [-0.1, -0.05) is 146 Å². The Hall–Kier alpha value is -6.59. The zero-order valence-corrected chi connectivity index (χ0v) is 26.0. The first-order valence-electron chi connectivity index (χ1n) is 15.8. The predicted molar refractivity (Wildman–Crippen MR) is 193 cm³/mol. The molecule has 0 unspecified atom stereocenters. The van der Waals surface area contributed by atoms with Gasteiger partial charge in [0.05, 0.1) is 5.69 Å². The van der Waals surface area contributed by atoms with E-state index in [0.29, 0.717) is 17.5 Å². The van der Waals surface area contributed by atoms with Gasteiger partial charge in [0.25, 0.3) is 0 Å². The van der Waals surface area contributed by atoms with Crippen molar-refractivity contribution in [1.29, 1.82) is 0 Å². The summed E-state index contributed by atoms with van der Waals surface area (Å²) in [7, 11) is 0. The summed E-state index contributed by atoms with van der Waals surface area (Å²) >= 11 is 0. The molecule has 0 amide bonds. The van der Waals surface area contributed by atoms with Crippen LogP contribution < -0.4 is 0 Å². The summed E-state index contributed by atoms with van der Waals surface area (Å²) in [4.78, 5) is 23.6. The summed E-state index contributed by atoms with van der Waals surface area (Å²) in [5.41, 5.74) is 11.5. The summed E-state index contributed by atoms with van der Waals surface area (Å²) in [5.74, 6) is 1.92. The van der Waals surface area contributed by atoms with Crippen LogP contribution in [0.15, 0.2) is 176 Å². The minimum absolute atomic E-state index is 0.633. The van der Waals surface area contributed by atoms with Gasteiger partial charge < -0.3 is 0 Å². The van der Waals surface area contributed by atoms with E-state index in [1.54, 1.807) is 6.20 Å².